The lowest BCUT2D eigenvalue weighted by atomic mass is 10.1. The van der Waals surface area contributed by atoms with Gasteiger partial charge in [-0.15, -0.1) is 0 Å². The van der Waals surface area contributed by atoms with Crippen molar-refractivity contribution in [1.82, 2.24) is 4.98 Å². The summed E-state index contributed by atoms with van der Waals surface area (Å²) in [5, 5.41) is 10.6. The van der Waals surface area contributed by atoms with Crippen molar-refractivity contribution in [2.45, 2.75) is 0 Å². The third kappa shape index (κ3) is 2.20. The Bertz CT molecular complexity index is 532. The van der Waals surface area contributed by atoms with Crippen LogP contribution >= 0.6 is 0 Å². The van der Waals surface area contributed by atoms with E-state index in [2.05, 4.69) is 4.98 Å². The van der Waals surface area contributed by atoms with Crippen LogP contribution in [0.2, 0.25) is 0 Å². The molecular weight excluding hydrogens is 190 g/mol. The summed E-state index contributed by atoms with van der Waals surface area (Å²) in [7, 11) is 0. The Hall–Kier alpha value is -2.16. The average molecular weight is 199 g/mol. The number of aliphatic carboxylic acids is 1. The molecule has 74 valence electrons. The Morgan fingerprint density at radius 3 is 2.93 bits per heavy atom. The lowest BCUT2D eigenvalue weighted by Gasteiger charge is -1.97. The maximum Gasteiger partial charge on any atom is 0.328 e. The highest BCUT2D eigenvalue weighted by Gasteiger charge is 1.94. The maximum absolute atomic E-state index is 10.3. The highest BCUT2D eigenvalue weighted by molar-refractivity contribution is 5.88. The van der Waals surface area contributed by atoms with E-state index in [9.17, 15) is 4.79 Å². The van der Waals surface area contributed by atoms with Gasteiger partial charge in [0.2, 0.25) is 0 Å². The molecule has 0 spiro atoms. The fraction of sp³-hybridized carbons (Fsp3) is 0. The Morgan fingerprint density at radius 1 is 1.27 bits per heavy atom. The summed E-state index contributed by atoms with van der Waals surface area (Å²) in [6.45, 7) is 0. The molecule has 0 saturated heterocycles. The number of hydrogen-bond donors (Lipinski definition) is 1. The Kier molecular flexibility index (Phi) is 2.46. The molecule has 0 amide bonds. The van der Waals surface area contributed by atoms with Gasteiger partial charge in [-0.1, -0.05) is 12.1 Å². The van der Waals surface area contributed by atoms with Crippen LogP contribution < -0.4 is 0 Å². The molecule has 15 heavy (non-hydrogen) atoms. The van der Waals surface area contributed by atoms with Gasteiger partial charge in [-0.05, 0) is 29.2 Å². The Balaban J connectivity index is 2.43. The van der Waals surface area contributed by atoms with Gasteiger partial charge in [0, 0.05) is 23.9 Å². The zero-order valence-electron chi connectivity index (χ0n) is 7.92. The maximum atomic E-state index is 10.3. The minimum absolute atomic E-state index is 0.871. The van der Waals surface area contributed by atoms with E-state index in [1.54, 1.807) is 18.5 Å². The summed E-state index contributed by atoms with van der Waals surface area (Å²) in [5.74, 6) is -0.940. The first kappa shape index (κ1) is 9.40. The van der Waals surface area contributed by atoms with Gasteiger partial charge in [-0.3, -0.25) is 4.98 Å². The average Bonchev–Trinajstić information content (AvgIpc) is 2.26. The second-order valence-corrected chi connectivity index (χ2v) is 3.15. The standard InChI is InChI=1S/C12H9NO2/c14-12(15)4-2-9-1-3-11-8-13-6-5-10(11)7-9/h1-8H,(H,14,15)/b4-2+. The van der Waals surface area contributed by atoms with Crippen LogP contribution in [0, 0.1) is 0 Å². The van der Waals surface area contributed by atoms with Crippen molar-refractivity contribution < 1.29 is 9.90 Å². The first-order chi connectivity index (χ1) is 7.25. The topological polar surface area (TPSA) is 50.2 Å². The van der Waals surface area contributed by atoms with E-state index in [4.69, 9.17) is 5.11 Å². The Morgan fingerprint density at radius 2 is 2.13 bits per heavy atom. The van der Waals surface area contributed by atoms with Gasteiger partial charge in [-0.2, -0.15) is 0 Å². The van der Waals surface area contributed by atoms with Crippen LogP contribution in [0.1, 0.15) is 5.56 Å². The van der Waals surface area contributed by atoms with E-state index in [0.717, 1.165) is 22.4 Å². The first-order valence-corrected chi connectivity index (χ1v) is 4.50. The fourth-order valence-corrected chi connectivity index (χ4v) is 1.37. The second kappa shape index (κ2) is 3.92. The molecular formula is C12H9NO2. The van der Waals surface area contributed by atoms with Crippen molar-refractivity contribution in [3.8, 4) is 0 Å². The van der Waals surface area contributed by atoms with Crippen LogP contribution in [0.15, 0.2) is 42.7 Å². The smallest absolute Gasteiger partial charge is 0.328 e. The normalized spacial score (nSPS) is 10.9. The van der Waals surface area contributed by atoms with Gasteiger partial charge in [0.25, 0.3) is 0 Å². The van der Waals surface area contributed by atoms with Crippen molar-refractivity contribution in [2.24, 2.45) is 0 Å². The largest absolute Gasteiger partial charge is 0.478 e. The number of carbonyl (C=O) groups is 1. The lowest BCUT2D eigenvalue weighted by Crippen LogP contribution is -1.85. The molecule has 0 aliphatic carbocycles. The predicted octanol–water partition coefficient (Wildman–Crippen LogP) is 2.33. The molecule has 0 unspecified atom stereocenters. The Labute approximate surface area is 86.7 Å². The van der Waals surface area contributed by atoms with Gasteiger partial charge in [-0.25, -0.2) is 4.79 Å². The number of nitrogens with zero attached hydrogens (tertiary/aromatic N) is 1. The second-order valence-electron chi connectivity index (χ2n) is 3.15. The summed E-state index contributed by atoms with van der Waals surface area (Å²) in [5.41, 5.74) is 0.871. The summed E-state index contributed by atoms with van der Waals surface area (Å²) >= 11 is 0. The van der Waals surface area contributed by atoms with Crippen LogP contribution in [0.4, 0.5) is 0 Å². The molecule has 0 bridgehead atoms. The number of benzene rings is 1. The predicted molar refractivity (Wildman–Crippen MR) is 58.4 cm³/mol. The summed E-state index contributed by atoms with van der Waals surface area (Å²) in [6.07, 6.45) is 6.19. The molecule has 0 radical (unpaired) electrons. The molecule has 0 aliphatic heterocycles. The van der Waals surface area contributed by atoms with Gasteiger partial charge >= 0.3 is 5.97 Å². The fourth-order valence-electron chi connectivity index (χ4n) is 1.37. The third-order valence-corrected chi connectivity index (χ3v) is 2.08. The number of fused-ring (bicyclic) bond motifs is 1. The first-order valence-electron chi connectivity index (χ1n) is 4.50. The van der Waals surface area contributed by atoms with E-state index in [-0.39, 0.29) is 0 Å². The van der Waals surface area contributed by atoms with Crippen LogP contribution in [0.3, 0.4) is 0 Å². The molecule has 1 aromatic heterocycles. The third-order valence-electron chi connectivity index (χ3n) is 2.08. The van der Waals surface area contributed by atoms with E-state index in [0.29, 0.717) is 0 Å². The van der Waals surface area contributed by atoms with E-state index >= 15 is 0 Å². The van der Waals surface area contributed by atoms with Crippen LogP contribution in [0.25, 0.3) is 16.8 Å². The SMILES string of the molecule is O=C(O)/C=C/c1ccc2cnccc2c1. The summed E-state index contributed by atoms with van der Waals surface area (Å²) in [4.78, 5) is 14.3. The van der Waals surface area contributed by atoms with Crippen molar-refractivity contribution in [3.63, 3.8) is 0 Å². The summed E-state index contributed by atoms with van der Waals surface area (Å²) in [6, 6.07) is 7.61. The van der Waals surface area contributed by atoms with E-state index in [1.807, 2.05) is 24.3 Å². The molecule has 1 aromatic carbocycles. The van der Waals surface area contributed by atoms with Crippen molar-refractivity contribution >= 4 is 22.8 Å². The number of aromatic nitrogens is 1. The van der Waals surface area contributed by atoms with Crippen LogP contribution in [-0.2, 0) is 4.79 Å². The van der Waals surface area contributed by atoms with E-state index < -0.39 is 5.97 Å². The zero-order chi connectivity index (χ0) is 10.7. The zero-order valence-corrected chi connectivity index (χ0v) is 7.92. The van der Waals surface area contributed by atoms with Crippen molar-refractivity contribution in [3.05, 3.63) is 48.3 Å². The molecule has 0 saturated carbocycles. The number of carboxylic acids is 1. The lowest BCUT2D eigenvalue weighted by molar-refractivity contribution is -0.131. The van der Waals surface area contributed by atoms with E-state index in [1.165, 1.54) is 0 Å². The highest BCUT2D eigenvalue weighted by Crippen LogP contribution is 2.15. The monoisotopic (exact) mass is 199 g/mol. The van der Waals surface area contributed by atoms with Gasteiger partial charge in [0.15, 0.2) is 0 Å². The summed E-state index contributed by atoms with van der Waals surface area (Å²) < 4.78 is 0. The van der Waals surface area contributed by atoms with Gasteiger partial charge in [0.1, 0.15) is 0 Å². The highest BCUT2D eigenvalue weighted by atomic mass is 16.4. The molecule has 3 nitrogen and oxygen atoms in total. The number of pyridine rings is 1. The minimum Gasteiger partial charge on any atom is -0.478 e. The molecule has 3 heteroatoms. The number of rotatable bonds is 2. The van der Waals surface area contributed by atoms with Crippen molar-refractivity contribution in [1.29, 1.82) is 0 Å². The quantitative estimate of drug-likeness (QED) is 0.755. The van der Waals surface area contributed by atoms with Gasteiger partial charge in [0.05, 0.1) is 0 Å². The van der Waals surface area contributed by atoms with Crippen molar-refractivity contribution in [2.75, 3.05) is 0 Å². The number of hydrogen-bond acceptors (Lipinski definition) is 2. The molecule has 0 atom stereocenters. The molecule has 1 heterocycles. The van der Waals surface area contributed by atoms with Crippen LogP contribution in [0.5, 0.6) is 0 Å². The van der Waals surface area contributed by atoms with Crippen LogP contribution in [-0.4, -0.2) is 16.1 Å². The minimum atomic E-state index is -0.940. The molecule has 1 N–H and O–H groups in total. The molecule has 2 rings (SSSR count). The number of carboxylic acid groups (broad SMARTS) is 1. The van der Waals surface area contributed by atoms with Gasteiger partial charge < -0.3 is 5.11 Å². The molecule has 0 aliphatic rings. The molecule has 0 fully saturated rings. The molecule has 2 aromatic rings.